The summed E-state index contributed by atoms with van der Waals surface area (Å²) in [4.78, 5) is 10.7. The summed E-state index contributed by atoms with van der Waals surface area (Å²) in [5.41, 5.74) is 1.57. The van der Waals surface area contributed by atoms with Crippen molar-refractivity contribution in [2.45, 2.75) is 64.2 Å². The fourth-order valence-electron chi connectivity index (χ4n) is 3.36. The maximum atomic E-state index is 10.7. The Hall–Kier alpha value is -1.31. The summed E-state index contributed by atoms with van der Waals surface area (Å²) in [5, 5.41) is 10.7. The van der Waals surface area contributed by atoms with Crippen LogP contribution in [0.25, 0.3) is 0 Å². The number of benzene rings is 1. The summed E-state index contributed by atoms with van der Waals surface area (Å²) in [6.07, 6.45) is 10.6. The van der Waals surface area contributed by atoms with Crippen LogP contribution in [0.15, 0.2) is 24.3 Å². The number of hydrogen-bond donors (Lipinski definition) is 0. The van der Waals surface area contributed by atoms with Crippen LogP contribution in [-0.2, 0) is 0 Å². The number of hydrogen-bond acceptors (Lipinski definition) is 2. The molecule has 110 valence electrons. The molecule has 0 aromatic heterocycles. The number of carbonyl (C=O) groups excluding carboxylic acids is 1. The van der Waals surface area contributed by atoms with Crippen LogP contribution in [0, 0.1) is 5.92 Å². The molecule has 2 rings (SSSR count). The van der Waals surface area contributed by atoms with Crippen LogP contribution >= 0.6 is 0 Å². The first-order chi connectivity index (χ1) is 9.70. The van der Waals surface area contributed by atoms with E-state index in [1.807, 2.05) is 12.1 Å². The van der Waals surface area contributed by atoms with Gasteiger partial charge in [0.05, 0.1) is 5.97 Å². The highest BCUT2D eigenvalue weighted by atomic mass is 16.4. The minimum atomic E-state index is -1.09. The van der Waals surface area contributed by atoms with Gasteiger partial charge in [0.15, 0.2) is 0 Å². The summed E-state index contributed by atoms with van der Waals surface area (Å²) < 4.78 is 0. The fraction of sp³-hybridized carbons (Fsp3) is 0.611. The lowest BCUT2D eigenvalue weighted by Crippen LogP contribution is -2.22. The van der Waals surface area contributed by atoms with E-state index in [4.69, 9.17) is 0 Å². The summed E-state index contributed by atoms with van der Waals surface area (Å²) in [6, 6.07) is 7.29. The van der Waals surface area contributed by atoms with Gasteiger partial charge in [-0.15, -0.1) is 0 Å². The van der Waals surface area contributed by atoms with Gasteiger partial charge in [0.2, 0.25) is 0 Å². The Morgan fingerprint density at radius 3 is 2.30 bits per heavy atom. The van der Waals surface area contributed by atoms with E-state index in [-0.39, 0.29) is 5.56 Å². The lowest BCUT2D eigenvalue weighted by atomic mass is 9.77. The van der Waals surface area contributed by atoms with Crippen molar-refractivity contribution in [2.75, 3.05) is 0 Å². The molecule has 0 saturated heterocycles. The van der Waals surface area contributed by atoms with Crippen molar-refractivity contribution in [3.05, 3.63) is 35.4 Å². The third-order valence-electron chi connectivity index (χ3n) is 4.68. The summed E-state index contributed by atoms with van der Waals surface area (Å²) in [6.45, 7) is 2.26. The molecule has 0 aliphatic heterocycles. The quantitative estimate of drug-likeness (QED) is 0.737. The molecule has 0 radical (unpaired) electrons. The van der Waals surface area contributed by atoms with E-state index >= 15 is 0 Å². The van der Waals surface area contributed by atoms with Crippen molar-refractivity contribution in [1.82, 2.24) is 0 Å². The molecule has 1 saturated carbocycles. The molecule has 0 heterocycles. The largest absolute Gasteiger partial charge is 0.545 e. The van der Waals surface area contributed by atoms with E-state index < -0.39 is 5.97 Å². The average molecular weight is 273 g/mol. The summed E-state index contributed by atoms with van der Waals surface area (Å²) in [7, 11) is 0. The summed E-state index contributed by atoms with van der Waals surface area (Å²) >= 11 is 0. The second-order valence-corrected chi connectivity index (χ2v) is 6.12. The maximum Gasteiger partial charge on any atom is 0.0715 e. The van der Waals surface area contributed by atoms with Crippen LogP contribution in [0.2, 0.25) is 0 Å². The lowest BCUT2D eigenvalue weighted by molar-refractivity contribution is -0.255. The van der Waals surface area contributed by atoms with E-state index in [9.17, 15) is 9.90 Å². The first-order valence-corrected chi connectivity index (χ1v) is 8.02. The molecule has 1 aliphatic rings. The number of rotatable bonds is 6. The van der Waals surface area contributed by atoms with Gasteiger partial charge < -0.3 is 9.90 Å². The van der Waals surface area contributed by atoms with E-state index in [1.54, 1.807) is 12.1 Å². The molecule has 1 fully saturated rings. The minimum Gasteiger partial charge on any atom is -0.545 e. The molecule has 2 heteroatoms. The van der Waals surface area contributed by atoms with Gasteiger partial charge >= 0.3 is 0 Å². The van der Waals surface area contributed by atoms with Crippen molar-refractivity contribution in [3.63, 3.8) is 0 Å². The second-order valence-electron chi connectivity index (χ2n) is 6.12. The SMILES string of the molecule is CCCCCC1CCC(c2ccc(C(=O)[O-])cc2)CC1. The van der Waals surface area contributed by atoms with Crippen LogP contribution < -0.4 is 5.11 Å². The van der Waals surface area contributed by atoms with E-state index in [2.05, 4.69) is 6.92 Å². The van der Waals surface area contributed by atoms with Crippen molar-refractivity contribution < 1.29 is 9.90 Å². The Bertz CT molecular complexity index is 414. The van der Waals surface area contributed by atoms with E-state index in [0.29, 0.717) is 5.92 Å². The maximum absolute atomic E-state index is 10.7. The molecule has 2 nitrogen and oxygen atoms in total. The zero-order valence-electron chi connectivity index (χ0n) is 12.4. The van der Waals surface area contributed by atoms with Crippen molar-refractivity contribution >= 4 is 5.97 Å². The first-order valence-electron chi connectivity index (χ1n) is 8.02. The van der Waals surface area contributed by atoms with Gasteiger partial charge in [-0.2, -0.15) is 0 Å². The lowest BCUT2D eigenvalue weighted by Gasteiger charge is -2.29. The molecule has 0 amide bonds. The van der Waals surface area contributed by atoms with Gasteiger partial charge in [0.1, 0.15) is 0 Å². The highest BCUT2D eigenvalue weighted by molar-refractivity contribution is 5.85. The molecule has 1 aromatic rings. The zero-order valence-corrected chi connectivity index (χ0v) is 12.4. The Labute approximate surface area is 122 Å². The van der Waals surface area contributed by atoms with Gasteiger partial charge in [0.25, 0.3) is 0 Å². The van der Waals surface area contributed by atoms with Crippen LogP contribution in [-0.4, -0.2) is 5.97 Å². The third-order valence-corrected chi connectivity index (χ3v) is 4.68. The highest BCUT2D eigenvalue weighted by Crippen LogP contribution is 2.37. The van der Waals surface area contributed by atoms with Crippen LogP contribution in [0.1, 0.15) is 80.1 Å². The van der Waals surface area contributed by atoms with Crippen molar-refractivity contribution in [1.29, 1.82) is 0 Å². The molecule has 0 spiro atoms. The minimum absolute atomic E-state index is 0.280. The van der Waals surface area contributed by atoms with Gasteiger partial charge in [-0.3, -0.25) is 0 Å². The van der Waals surface area contributed by atoms with Crippen LogP contribution in [0.3, 0.4) is 0 Å². The van der Waals surface area contributed by atoms with Gasteiger partial charge in [0, 0.05) is 0 Å². The normalized spacial score (nSPS) is 22.6. The molecule has 1 aliphatic carbocycles. The molecular formula is C18H25O2-. The predicted octanol–water partition coefficient (Wildman–Crippen LogP) is 3.90. The van der Waals surface area contributed by atoms with E-state index in [1.165, 1.54) is 56.9 Å². The second kappa shape index (κ2) is 7.47. The Morgan fingerprint density at radius 2 is 1.75 bits per heavy atom. The average Bonchev–Trinajstić information content (AvgIpc) is 2.48. The smallest absolute Gasteiger partial charge is 0.0715 e. The number of carboxylic acid groups (broad SMARTS) is 1. The first kappa shape index (κ1) is 15.1. The number of carbonyl (C=O) groups is 1. The fourth-order valence-corrected chi connectivity index (χ4v) is 3.36. The topological polar surface area (TPSA) is 40.1 Å². The van der Waals surface area contributed by atoms with Gasteiger partial charge in [-0.25, -0.2) is 0 Å². The number of unbranched alkanes of at least 4 members (excludes halogenated alkanes) is 2. The Morgan fingerprint density at radius 1 is 1.10 bits per heavy atom. The van der Waals surface area contributed by atoms with Crippen molar-refractivity contribution in [2.24, 2.45) is 5.92 Å². The van der Waals surface area contributed by atoms with Gasteiger partial charge in [-0.05, 0) is 48.6 Å². The highest BCUT2D eigenvalue weighted by Gasteiger charge is 2.21. The zero-order chi connectivity index (χ0) is 14.4. The third kappa shape index (κ3) is 4.09. The summed E-state index contributed by atoms with van der Waals surface area (Å²) in [5.74, 6) is 0.449. The standard InChI is InChI=1S/C18H26O2/c1-2-3-4-5-14-6-8-15(9-7-14)16-10-12-17(13-11-16)18(19)20/h10-15H,2-9H2,1H3,(H,19,20)/p-1. The number of carboxylic acids is 1. The van der Waals surface area contributed by atoms with Crippen LogP contribution in [0.5, 0.6) is 0 Å². The Kier molecular flexibility index (Phi) is 5.63. The molecule has 1 aromatic carbocycles. The monoisotopic (exact) mass is 273 g/mol. The van der Waals surface area contributed by atoms with Crippen molar-refractivity contribution in [3.8, 4) is 0 Å². The predicted molar refractivity (Wildman–Crippen MR) is 79.6 cm³/mol. The van der Waals surface area contributed by atoms with Crippen LogP contribution in [0.4, 0.5) is 0 Å². The van der Waals surface area contributed by atoms with Gasteiger partial charge in [-0.1, -0.05) is 56.9 Å². The molecule has 0 atom stereocenters. The molecular weight excluding hydrogens is 248 g/mol. The van der Waals surface area contributed by atoms with E-state index in [0.717, 1.165) is 5.92 Å². The molecule has 0 bridgehead atoms. The molecule has 0 N–H and O–H groups in total. The molecule has 20 heavy (non-hydrogen) atoms. The molecule has 0 unspecified atom stereocenters. The number of aromatic carboxylic acids is 1. The Balaban J connectivity index is 1.82.